The number of amides is 2. The van der Waals surface area contributed by atoms with Gasteiger partial charge in [-0.05, 0) is 31.0 Å². The molecule has 0 aliphatic carbocycles. The highest BCUT2D eigenvalue weighted by molar-refractivity contribution is 7.14. The molecule has 9 heteroatoms. The first-order chi connectivity index (χ1) is 15.1. The van der Waals surface area contributed by atoms with Crippen LogP contribution in [0.15, 0.2) is 57.8 Å². The van der Waals surface area contributed by atoms with Gasteiger partial charge in [0.05, 0.1) is 29.1 Å². The molecule has 1 aromatic carbocycles. The summed E-state index contributed by atoms with van der Waals surface area (Å²) in [4.78, 5) is 33.0. The molecule has 0 aliphatic rings. The second-order valence-corrected chi connectivity index (χ2v) is 8.72. The van der Waals surface area contributed by atoms with Crippen molar-refractivity contribution in [2.75, 3.05) is 11.9 Å². The molecule has 3 aromatic heterocycles. The van der Waals surface area contributed by atoms with Gasteiger partial charge in [0.15, 0.2) is 10.9 Å². The number of furan rings is 1. The van der Waals surface area contributed by atoms with Gasteiger partial charge in [0.2, 0.25) is 5.91 Å². The summed E-state index contributed by atoms with van der Waals surface area (Å²) in [5, 5.41) is 10.9. The lowest BCUT2D eigenvalue weighted by Crippen LogP contribution is -2.27. The van der Waals surface area contributed by atoms with Gasteiger partial charge >= 0.3 is 0 Å². The fourth-order valence-electron chi connectivity index (χ4n) is 2.92. The highest BCUT2D eigenvalue weighted by atomic mass is 32.1. The summed E-state index contributed by atoms with van der Waals surface area (Å²) < 4.78 is 5.05. The molecule has 0 unspecified atom stereocenters. The number of nitrogens with one attached hydrogen (secondary N) is 2. The number of hydrogen-bond donors (Lipinski definition) is 2. The van der Waals surface area contributed by atoms with Crippen LogP contribution in [0.4, 0.5) is 5.13 Å². The van der Waals surface area contributed by atoms with E-state index < -0.39 is 0 Å². The zero-order valence-electron chi connectivity index (χ0n) is 16.8. The van der Waals surface area contributed by atoms with Crippen molar-refractivity contribution in [2.24, 2.45) is 0 Å². The van der Waals surface area contributed by atoms with Crippen molar-refractivity contribution in [3.8, 4) is 11.3 Å². The summed E-state index contributed by atoms with van der Waals surface area (Å²) in [6, 6.07) is 11.4. The molecule has 0 fully saturated rings. The van der Waals surface area contributed by atoms with Crippen LogP contribution in [-0.4, -0.2) is 28.3 Å². The number of benzene rings is 1. The molecule has 158 valence electrons. The molecule has 0 spiro atoms. The smallest absolute Gasteiger partial charge is 0.293 e. The second-order valence-electron chi connectivity index (χ2n) is 6.80. The van der Waals surface area contributed by atoms with Crippen LogP contribution >= 0.6 is 22.7 Å². The largest absolute Gasteiger partial charge is 0.459 e. The fraction of sp³-hybridized carbons (Fsp3) is 0.182. The van der Waals surface area contributed by atoms with E-state index in [1.54, 1.807) is 28.8 Å². The highest BCUT2D eigenvalue weighted by Gasteiger charge is 2.13. The molecule has 0 aliphatic heterocycles. The molecule has 4 aromatic rings. The summed E-state index contributed by atoms with van der Waals surface area (Å²) >= 11 is 2.91. The van der Waals surface area contributed by atoms with E-state index in [0.717, 1.165) is 28.2 Å². The maximum Gasteiger partial charge on any atom is 0.293 e. The molecule has 0 saturated carbocycles. The van der Waals surface area contributed by atoms with Crippen molar-refractivity contribution in [3.63, 3.8) is 0 Å². The van der Waals surface area contributed by atoms with Crippen molar-refractivity contribution in [1.82, 2.24) is 15.3 Å². The van der Waals surface area contributed by atoms with Crippen LogP contribution in [-0.2, 0) is 17.6 Å². The first kappa shape index (κ1) is 21.0. The number of rotatable bonds is 8. The van der Waals surface area contributed by atoms with Crippen molar-refractivity contribution in [2.45, 2.75) is 19.8 Å². The lowest BCUT2D eigenvalue weighted by molar-refractivity contribution is -0.120. The number of carbonyl (C=O) groups is 2. The van der Waals surface area contributed by atoms with Gasteiger partial charge in [-0.25, -0.2) is 9.97 Å². The van der Waals surface area contributed by atoms with Gasteiger partial charge in [-0.3, -0.25) is 14.9 Å². The number of anilines is 1. The standard InChI is InChI=1S/C22H20N4O3S2/c1-14-24-18(13-30-14)16-6-4-15(5-7-16)8-9-23-20(27)11-17-12-31-22(25-17)26-21(28)19-3-2-10-29-19/h2-7,10,12-13H,8-9,11H2,1H3,(H,23,27)(H,25,26,28). The number of aryl methyl sites for hydroxylation is 1. The minimum Gasteiger partial charge on any atom is -0.459 e. The Kier molecular flexibility index (Phi) is 6.54. The number of carbonyl (C=O) groups excluding carboxylic acids is 2. The van der Waals surface area contributed by atoms with Gasteiger partial charge in [0.25, 0.3) is 5.91 Å². The Morgan fingerprint density at radius 3 is 2.61 bits per heavy atom. The Morgan fingerprint density at radius 1 is 1.06 bits per heavy atom. The molecule has 2 amide bonds. The number of hydrogen-bond acceptors (Lipinski definition) is 7. The van der Waals surface area contributed by atoms with Crippen LogP contribution < -0.4 is 10.6 Å². The molecule has 3 heterocycles. The predicted molar refractivity (Wildman–Crippen MR) is 121 cm³/mol. The third-order valence-corrected chi connectivity index (χ3v) is 6.04. The zero-order valence-corrected chi connectivity index (χ0v) is 18.4. The minimum absolute atomic E-state index is 0.108. The van der Waals surface area contributed by atoms with Gasteiger partial charge in [0, 0.05) is 22.9 Å². The monoisotopic (exact) mass is 452 g/mol. The van der Waals surface area contributed by atoms with Crippen LogP contribution in [0.25, 0.3) is 11.3 Å². The summed E-state index contributed by atoms with van der Waals surface area (Å²) in [7, 11) is 0. The van der Waals surface area contributed by atoms with Gasteiger partial charge in [-0.15, -0.1) is 22.7 Å². The quantitative estimate of drug-likeness (QED) is 0.415. The van der Waals surface area contributed by atoms with Crippen LogP contribution in [0.1, 0.15) is 26.8 Å². The highest BCUT2D eigenvalue weighted by Crippen LogP contribution is 2.22. The van der Waals surface area contributed by atoms with Gasteiger partial charge in [0.1, 0.15) is 0 Å². The van der Waals surface area contributed by atoms with Crippen molar-refractivity contribution in [3.05, 3.63) is 75.4 Å². The van der Waals surface area contributed by atoms with Crippen molar-refractivity contribution in [1.29, 1.82) is 0 Å². The van der Waals surface area contributed by atoms with E-state index in [0.29, 0.717) is 17.4 Å². The summed E-state index contributed by atoms with van der Waals surface area (Å²) in [5.74, 6) is -0.265. The maximum atomic E-state index is 12.2. The lowest BCUT2D eigenvalue weighted by Gasteiger charge is -2.05. The Balaban J connectivity index is 1.22. The van der Waals surface area contributed by atoms with E-state index in [9.17, 15) is 9.59 Å². The summed E-state index contributed by atoms with van der Waals surface area (Å²) in [6.07, 6.45) is 2.33. The van der Waals surface area contributed by atoms with Gasteiger partial charge in [-0.2, -0.15) is 0 Å². The molecule has 0 atom stereocenters. The SMILES string of the molecule is Cc1nc(-c2ccc(CCNC(=O)Cc3csc(NC(=O)c4ccco4)n3)cc2)cs1. The van der Waals surface area contributed by atoms with E-state index in [-0.39, 0.29) is 24.0 Å². The molecular formula is C22H20N4O3S2. The van der Waals surface area contributed by atoms with Crippen LogP contribution in [0.5, 0.6) is 0 Å². The number of thiazole rings is 2. The third-order valence-electron chi connectivity index (χ3n) is 4.46. The summed E-state index contributed by atoms with van der Waals surface area (Å²) in [6.45, 7) is 2.54. The number of nitrogens with zero attached hydrogens (tertiary/aromatic N) is 2. The minimum atomic E-state index is -0.369. The fourth-order valence-corrected chi connectivity index (χ4v) is 4.25. The molecule has 7 nitrogen and oxygen atoms in total. The zero-order chi connectivity index (χ0) is 21.6. The predicted octanol–water partition coefficient (Wildman–Crippen LogP) is 4.32. The molecule has 2 N–H and O–H groups in total. The van der Waals surface area contributed by atoms with Crippen LogP contribution in [0, 0.1) is 6.92 Å². The Labute approximate surface area is 187 Å². The van der Waals surface area contributed by atoms with E-state index in [1.807, 2.05) is 6.92 Å². The van der Waals surface area contributed by atoms with Crippen LogP contribution in [0.3, 0.4) is 0 Å². The molecule has 31 heavy (non-hydrogen) atoms. The Hall–Kier alpha value is -3.30. The van der Waals surface area contributed by atoms with Crippen molar-refractivity contribution >= 4 is 39.6 Å². The molecule has 4 rings (SSSR count). The Morgan fingerprint density at radius 2 is 1.90 bits per heavy atom. The van der Waals surface area contributed by atoms with Crippen LogP contribution in [0.2, 0.25) is 0 Å². The first-order valence-electron chi connectivity index (χ1n) is 9.64. The molecule has 0 radical (unpaired) electrons. The average molecular weight is 453 g/mol. The average Bonchev–Trinajstić information content (AvgIpc) is 3.51. The van der Waals surface area contributed by atoms with Crippen molar-refractivity contribution < 1.29 is 14.0 Å². The van der Waals surface area contributed by atoms with E-state index in [4.69, 9.17) is 4.42 Å². The first-order valence-corrected chi connectivity index (χ1v) is 11.4. The molecular weight excluding hydrogens is 432 g/mol. The maximum absolute atomic E-state index is 12.2. The summed E-state index contributed by atoms with van der Waals surface area (Å²) in [5.41, 5.74) is 3.84. The topological polar surface area (TPSA) is 97.1 Å². The van der Waals surface area contributed by atoms with E-state index in [2.05, 4.69) is 50.2 Å². The number of aromatic nitrogens is 2. The normalized spacial score (nSPS) is 10.7. The lowest BCUT2D eigenvalue weighted by atomic mass is 10.1. The van der Waals surface area contributed by atoms with E-state index in [1.165, 1.54) is 17.6 Å². The Bertz CT molecular complexity index is 1160. The van der Waals surface area contributed by atoms with E-state index >= 15 is 0 Å². The third kappa shape index (κ3) is 5.65. The second kappa shape index (κ2) is 9.67. The van der Waals surface area contributed by atoms with Gasteiger partial charge in [-0.1, -0.05) is 24.3 Å². The molecule has 0 bridgehead atoms. The van der Waals surface area contributed by atoms with Gasteiger partial charge < -0.3 is 9.73 Å². The molecule has 0 saturated heterocycles.